The quantitative estimate of drug-likeness (QED) is 0.856. The number of rotatable bonds is 4. The van der Waals surface area contributed by atoms with Gasteiger partial charge in [0.25, 0.3) is 0 Å². The third kappa shape index (κ3) is 2.82. The Kier molecular flexibility index (Phi) is 3.74. The molecule has 1 aromatic rings. The molecule has 2 unspecified atom stereocenters. The van der Waals surface area contributed by atoms with Crippen LogP contribution in [-0.2, 0) is 11.2 Å². The molecule has 17 heavy (non-hydrogen) atoms. The lowest BCUT2D eigenvalue weighted by Crippen LogP contribution is -2.34. The van der Waals surface area contributed by atoms with Gasteiger partial charge < -0.3 is 5.11 Å². The van der Waals surface area contributed by atoms with Gasteiger partial charge in [-0.15, -0.1) is 0 Å². The predicted octanol–water partition coefficient (Wildman–Crippen LogP) is 1.42. The molecule has 0 radical (unpaired) electrons. The molecule has 0 aliphatic carbocycles. The Morgan fingerprint density at radius 3 is 3.00 bits per heavy atom. The highest BCUT2D eigenvalue weighted by Gasteiger charge is 2.34. The van der Waals surface area contributed by atoms with E-state index in [4.69, 9.17) is 5.11 Å². The molecule has 2 atom stereocenters. The number of carboxylic acid groups (broad SMARTS) is 1. The number of carboxylic acids is 1. The van der Waals surface area contributed by atoms with Crippen molar-refractivity contribution in [2.45, 2.75) is 25.8 Å². The highest BCUT2D eigenvalue weighted by molar-refractivity contribution is 5.71. The lowest BCUT2D eigenvalue weighted by molar-refractivity contribution is -0.142. The monoisotopic (exact) mass is 234 g/mol. The molecule has 0 spiro atoms. The van der Waals surface area contributed by atoms with Crippen molar-refractivity contribution in [1.29, 1.82) is 0 Å². The van der Waals surface area contributed by atoms with Crippen molar-refractivity contribution in [3.05, 3.63) is 30.1 Å². The van der Waals surface area contributed by atoms with Crippen LogP contribution < -0.4 is 0 Å². The van der Waals surface area contributed by atoms with E-state index < -0.39 is 5.97 Å². The average Bonchev–Trinajstić information content (AvgIpc) is 2.69. The molecule has 1 fully saturated rings. The number of aliphatic carboxylic acids is 1. The van der Waals surface area contributed by atoms with Gasteiger partial charge in [0.05, 0.1) is 5.92 Å². The Balaban J connectivity index is 1.87. The van der Waals surface area contributed by atoms with Gasteiger partial charge in [0.15, 0.2) is 0 Å². The zero-order chi connectivity index (χ0) is 12.3. The lowest BCUT2D eigenvalue weighted by Gasteiger charge is -2.22. The van der Waals surface area contributed by atoms with Gasteiger partial charge >= 0.3 is 5.97 Å². The molecule has 2 rings (SSSR count). The molecule has 2 heterocycles. The van der Waals surface area contributed by atoms with Crippen molar-refractivity contribution in [2.24, 2.45) is 5.92 Å². The predicted molar refractivity (Wildman–Crippen MR) is 64.7 cm³/mol. The summed E-state index contributed by atoms with van der Waals surface area (Å²) in [5.74, 6) is -0.878. The van der Waals surface area contributed by atoms with Gasteiger partial charge in [-0.2, -0.15) is 0 Å². The van der Waals surface area contributed by atoms with Crippen molar-refractivity contribution in [3.63, 3.8) is 0 Å². The largest absolute Gasteiger partial charge is 0.481 e. The molecular formula is C13H18N2O2. The minimum Gasteiger partial charge on any atom is -0.481 e. The summed E-state index contributed by atoms with van der Waals surface area (Å²) < 4.78 is 0. The number of hydrogen-bond donors (Lipinski definition) is 1. The fraction of sp³-hybridized carbons (Fsp3) is 0.538. The summed E-state index contributed by atoms with van der Waals surface area (Å²) in [7, 11) is 0. The highest BCUT2D eigenvalue weighted by atomic mass is 16.4. The van der Waals surface area contributed by atoms with Gasteiger partial charge in [0.2, 0.25) is 0 Å². The van der Waals surface area contributed by atoms with Gasteiger partial charge in [0.1, 0.15) is 0 Å². The molecular weight excluding hydrogens is 216 g/mol. The van der Waals surface area contributed by atoms with Gasteiger partial charge in [-0.3, -0.25) is 14.7 Å². The smallest absolute Gasteiger partial charge is 0.308 e. The van der Waals surface area contributed by atoms with Crippen LogP contribution in [0.2, 0.25) is 0 Å². The third-order valence-corrected chi connectivity index (χ3v) is 3.58. The van der Waals surface area contributed by atoms with E-state index in [9.17, 15) is 4.79 Å². The van der Waals surface area contributed by atoms with Gasteiger partial charge in [-0.1, -0.05) is 6.07 Å². The molecule has 4 nitrogen and oxygen atoms in total. The lowest BCUT2D eigenvalue weighted by atomic mass is 10.0. The van der Waals surface area contributed by atoms with Gasteiger partial charge in [0, 0.05) is 30.9 Å². The third-order valence-electron chi connectivity index (χ3n) is 3.58. The minimum atomic E-state index is -0.669. The maximum Gasteiger partial charge on any atom is 0.308 e. The minimum absolute atomic E-state index is 0.135. The molecule has 1 N–H and O–H groups in total. The standard InChI is InChI=1S/C13H18N2O2/c1-10-12(13(16)17)6-9-15(10)8-5-11-4-2-3-7-14-11/h2-4,7,10,12H,5-6,8-9H2,1H3,(H,16,17). The van der Waals surface area contributed by atoms with E-state index >= 15 is 0 Å². The maximum atomic E-state index is 11.0. The van der Waals surface area contributed by atoms with Crippen molar-refractivity contribution in [3.8, 4) is 0 Å². The summed E-state index contributed by atoms with van der Waals surface area (Å²) in [5, 5.41) is 9.05. The van der Waals surface area contributed by atoms with E-state index in [0.717, 1.165) is 31.6 Å². The van der Waals surface area contributed by atoms with E-state index in [0.29, 0.717) is 0 Å². The average molecular weight is 234 g/mol. The van der Waals surface area contributed by atoms with Crippen LogP contribution in [0.5, 0.6) is 0 Å². The number of hydrogen-bond acceptors (Lipinski definition) is 3. The summed E-state index contributed by atoms with van der Waals surface area (Å²) in [6, 6.07) is 6.03. The van der Waals surface area contributed by atoms with Crippen LogP contribution in [0.25, 0.3) is 0 Å². The number of nitrogens with zero attached hydrogens (tertiary/aromatic N) is 2. The molecule has 1 aromatic heterocycles. The first-order valence-corrected chi connectivity index (χ1v) is 6.05. The van der Waals surface area contributed by atoms with E-state index in [-0.39, 0.29) is 12.0 Å². The van der Waals surface area contributed by atoms with Crippen LogP contribution >= 0.6 is 0 Å². The zero-order valence-corrected chi connectivity index (χ0v) is 10.0. The molecule has 0 bridgehead atoms. The molecule has 4 heteroatoms. The van der Waals surface area contributed by atoms with Gasteiger partial charge in [-0.25, -0.2) is 0 Å². The number of carbonyl (C=O) groups is 1. The molecule has 0 aromatic carbocycles. The Hall–Kier alpha value is -1.42. The molecule has 0 amide bonds. The molecule has 1 aliphatic rings. The fourth-order valence-corrected chi connectivity index (χ4v) is 2.45. The van der Waals surface area contributed by atoms with Crippen molar-refractivity contribution < 1.29 is 9.90 Å². The zero-order valence-electron chi connectivity index (χ0n) is 10.0. The van der Waals surface area contributed by atoms with E-state index in [1.165, 1.54) is 0 Å². The van der Waals surface area contributed by atoms with Crippen molar-refractivity contribution >= 4 is 5.97 Å². The van der Waals surface area contributed by atoms with Crippen LogP contribution in [-0.4, -0.2) is 40.1 Å². The second kappa shape index (κ2) is 5.27. The normalized spacial score (nSPS) is 25.0. The van der Waals surface area contributed by atoms with E-state index in [1.807, 2.05) is 25.1 Å². The SMILES string of the molecule is CC1C(C(=O)O)CCN1CCc1ccccn1. The first kappa shape index (κ1) is 12.0. The number of aromatic nitrogens is 1. The Bertz CT molecular complexity index is 380. The van der Waals surface area contributed by atoms with Gasteiger partial charge in [-0.05, 0) is 32.0 Å². The molecule has 0 saturated carbocycles. The first-order valence-electron chi connectivity index (χ1n) is 6.05. The number of pyridine rings is 1. The first-order chi connectivity index (χ1) is 8.18. The van der Waals surface area contributed by atoms with Crippen molar-refractivity contribution in [2.75, 3.05) is 13.1 Å². The van der Waals surface area contributed by atoms with Crippen LogP contribution in [0.3, 0.4) is 0 Å². The molecule has 92 valence electrons. The van der Waals surface area contributed by atoms with Crippen LogP contribution in [0.15, 0.2) is 24.4 Å². The second-order valence-electron chi connectivity index (χ2n) is 4.58. The summed E-state index contributed by atoms with van der Waals surface area (Å²) in [5.41, 5.74) is 1.07. The summed E-state index contributed by atoms with van der Waals surface area (Å²) >= 11 is 0. The van der Waals surface area contributed by atoms with Crippen LogP contribution in [0.1, 0.15) is 19.0 Å². The van der Waals surface area contributed by atoms with E-state index in [2.05, 4.69) is 9.88 Å². The topological polar surface area (TPSA) is 53.4 Å². The molecule has 1 saturated heterocycles. The molecule has 1 aliphatic heterocycles. The van der Waals surface area contributed by atoms with E-state index in [1.54, 1.807) is 6.20 Å². The summed E-state index contributed by atoms with van der Waals surface area (Å²) in [6.45, 7) is 3.77. The highest BCUT2D eigenvalue weighted by Crippen LogP contribution is 2.24. The number of likely N-dealkylation sites (tertiary alicyclic amines) is 1. The van der Waals surface area contributed by atoms with Crippen LogP contribution in [0.4, 0.5) is 0 Å². The second-order valence-corrected chi connectivity index (χ2v) is 4.58. The van der Waals surface area contributed by atoms with Crippen LogP contribution in [0, 0.1) is 5.92 Å². The Morgan fingerprint density at radius 1 is 1.59 bits per heavy atom. The van der Waals surface area contributed by atoms with Crippen molar-refractivity contribution in [1.82, 2.24) is 9.88 Å². The Labute approximate surface area is 101 Å². The Morgan fingerprint density at radius 2 is 2.41 bits per heavy atom. The summed E-state index contributed by atoms with van der Waals surface area (Å²) in [6.07, 6.45) is 3.44. The fourth-order valence-electron chi connectivity index (χ4n) is 2.45. The summed E-state index contributed by atoms with van der Waals surface area (Å²) in [4.78, 5) is 17.5. The maximum absolute atomic E-state index is 11.0.